The van der Waals surface area contributed by atoms with Crippen molar-refractivity contribution in [1.82, 2.24) is 5.32 Å². The summed E-state index contributed by atoms with van der Waals surface area (Å²) >= 11 is 3.36. The Morgan fingerprint density at radius 3 is 2.26 bits per heavy atom. The van der Waals surface area contributed by atoms with Crippen LogP contribution in [0.5, 0.6) is 0 Å². The van der Waals surface area contributed by atoms with Crippen LogP contribution in [0.3, 0.4) is 0 Å². The Morgan fingerprint density at radius 1 is 1.00 bits per heavy atom. The first-order chi connectivity index (χ1) is 14.7. The molecule has 0 aliphatic rings. The quantitative estimate of drug-likeness (QED) is 0.488. The third-order valence-electron chi connectivity index (χ3n) is 5.00. The smallest absolute Gasteiger partial charge is 0.264 e. The zero-order valence-electron chi connectivity index (χ0n) is 17.7. The maximum atomic E-state index is 13.3. The number of nitrogens with one attached hydrogen (secondary N) is 1. The van der Waals surface area contributed by atoms with Crippen LogP contribution in [0, 0.1) is 13.8 Å². The number of rotatable bonds is 7. The summed E-state index contributed by atoms with van der Waals surface area (Å²) < 4.78 is 28.6. The highest BCUT2D eigenvalue weighted by atomic mass is 79.9. The molecule has 0 fully saturated rings. The molecule has 0 radical (unpaired) electrons. The van der Waals surface area contributed by atoms with Crippen LogP contribution in [0.4, 0.5) is 5.69 Å². The van der Waals surface area contributed by atoms with Crippen molar-refractivity contribution in [2.75, 3.05) is 10.8 Å². The van der Waals surface area contributed by atoms with E-state index in [0.717, 1.165) is 25.5 Å². The molecule has 0 saturated heterocycles. The van der Waals surface area contributed by atoms with Gasteiger partial charge in [0.15, 0.2) is 0 Å². The Labute approximate surface area is 192 Å². The molecule has 3 rings (SSSR count). The van der Waals surface area contributed by atoms with Crippen LogP contribution in [0.25, 0.3) is 0 Å². The number of hydrogen-bond acceptors (Lipinski definition) is 3. The molecule has 3 aromatic carbocycles. The first kappa shape index (κ1) is 23.0. The first-order valence-corrected chi connectivity index (χ1v) is 12.1. The van der Waals surface area contributed by atoms with Crippen LogP contribution in [0.1, 0.15) is 29.7 Å². The molecule has 0 heterocycles. The van der Waals surface area contributed by atoms with Crippen LogP contribution in [-0.4, -0.2) is 20.9 Å². The van der Waals surface area contributed by atoms with Gasteiger partial charge in [-0.2, -0.15) is 0 Å². The van der Waals surface area contributed by atoms with Gasteiger partial charge in [-0.3, -0.25) is 9.10 Å². The van der Waals surface area contributed by atoms with E-state index in [1.807, 2.05) is 32.9 Å². The lowest BCUT2D eigenvalue weighted by Crippen LogP contribution is -2.41. The van der Waals surface area contributed by atoms with Gasteiger partial charge >= 0.3 is 0 Å². The minimum Gasteiger partial charge on any atom is -0.348 e. The first-order valence-electron chi connectivity index (χ1n) is 9.88. The Balaban J connectivity index is 1.88. The molecule has 162 valence electrons. The van der Waals surface area contributed by atoms with E-state index in [1.54, 1.807) is 42.5 Å². The van der Waals surface area contributed by atoms with Crippen LogP contribution in [0.2, 0.25) is 0 Å². The fourth-order valence-corrected chi connectivity index (χ4v) is 5.16. The number of halogens is 1. The monoisotopic (exact) mass is 500 g/mol. The molecule has 0 saturated carbocycles. The summed E-state index contributed by atoms with van der Waals surface area (Å²) in [5.74, 6) is -0.380. The largest absolute Gasteiger partial charge is 0.348 e. The van der Waals surface area contributed by atoms with Gasteiger partial charge < -0.3 is 5.32 Å². The molecule has 0 bridgehead atoms. The second-order valence-corrected chi connectivity index (χ2v) is 10.2. The number of amides is 1. The lowest BCUT2D eigenvalue weighted by atomic mass is 10.0. The van der Waals surface area contributed by atoms with Crippen LogP contribution >= 0.6 is 15.9 Å². The number of benzene rings is 3. The maximum absolute atomic E-state index is 13.3. The SMILES string of the molecule is Cc1ccc(C(C)NC(=O)CN(c2ccc(Br)cc2)S(=O)(=O)c2ccccc2)c(C)c1. The van der Waals surface area contributed by atoms with Crippen LogP contribution in [-0.2, 0) is 14.8 Å². The van der Waals surface area contributed by atoms with Gasteiger partial charge in [-0.25, -0.2) is 8.42 Å². The highest BCUT2D eigenvalue weighted by molar-refractivity contribution is 9.10. The molecule has 0 spiro atoms. The summed E-state index contributed by atoms with van der Waals surface area (Å²) in [5, 5.41) is 2.94. The number of nitrogens with zero attached hydrogens (tertiary/aromatic N) is 1. The van der Waals surface area contributed by atoms with Crippen LogP contribution < -0.4 is 9.62 Å². The Hall–Kier alpha value is -2.64. The van der Waals surface area contributed by atoms with Gasteiger partial charge in [-0.1, -0.05) is 57.9 Å². The Bertz CT molecular complexity index is 1160. The van der Waals surface area contributed by atoms with Gasteiger partial charge in [0.1, 0.15) is 6.54 Å². The van der Waals surface area contributed by atoms with E-state index in [0.29, 0.717) is 5.69 Å². The van der Waals surface area contributed by atoms with Crippen molar-refractivity contribution in [2.45, 2.75) is 31.7 Å². The van der Waals surface area contributed by atoms with Crippen molar-refractivity contribution in [3.8, 4) is 0 Å². The van der Waals surface area contributed by atoms with E-state index in [4.69, 9.17) is 0 Å². The van der Waals surface area contributed by atoms with E-state index in [9.17, 15) is 13.2 Å². The zero-order chi connectivity index (χ0) is 22.6. The topological polar surface area (TPSA) is 66.5 Å². The Morgan fingerprint density at radius 2 is 1.65 bits per heavy atom. The standard InChI is InChI=1S/C24H25BrN2O3S/c1-17-9-14-23(18(2)15-17)19(3)26-24(28)16-27(21-12-10-20(25)11-13-21)31(29,30)22-7-5-4-6-8-22/h4-15,19H,16H2,1-3H3,(H,26,28). The number of carbonyl (C=O) groups is 1. The molecule has 1 atom stereocenters. The molecule has 0 aromatic heterocycles. The molecule has 3 aromatic rings. The number of anilines is 1. The van der Waals surface area contributed by atoms with Gasteiger partial charge in [0.05, 0.1) is 16.6 Å². The predicted molar refractivity (Wildman–Crippen MR) is 128 cm³/mol. The molecule has 1 N–H and O–H groups in total. The summed E-state index contributed by atoms with van der Waals surface area (Å²) in [6.45, 7) is 5.59. The van der Waals surface area contributed by atoms with E-state index in [-0.39, 0.29) is 23.4 Å². The highest BCUT2D eigenvalue weighted by Gasteiger charge is 2.27. The summed E-state index contributed by atoms with van der Waals surface area (Å²) in [7, 11) is -3.92. The number of aryl methyl sites for hydroxylation is 2. The molecule has 0 aliphatic heterocycles. The second-order valence-electron chi connectivity index (χ2n) is 7.45. The van der Waals surface area contributed by atoms with E-state index < -0.39 is 10.0 Å². The Kier molecular flexibility index (Phi) is 7.18. The summed E-state index contributed by atoms with van der Waals surface area (Å²) in [6, 6.07) is 20.8. The van der Waals surface area contributed by atoms with Gasteiger partial charge in [0.25, 0.3) is 10.0 Å². The highest BCUT2D eigenvalue weighted by Crippen LogP contribution is 2.25. The van der Waals surface area contributed by atoms with Crippen LogP contribution in [0.15, 0.2) is 82.2 Å². The van der Waals surface area contributed by atoms with Gasteiger partial charge in [0, 0.05) is 4.47 Å². The molecule has 5 nitrogen and oxygen atoms in total. The van der Waals surface area contributed by atoms with Crippen molar-refractivity contribution in [3.63, 3.8) is 0 Å². The minimum absolute atomic E-state index is 0.133. The molecular formula is C24H25BrN2O3S. The maximum Gasteiger partial charge on any atom is 0.264 e. The normalized spacial score (nSPS) is 12.3. The number of carbonyl (C=O) groups excluding carboxylic acids is 1. The zero-order valence-corrected chi connectivity index (χ0v) is 20.1. The van der Waals surface area contributed by atoms with Gasteiger partial charge in [0.2, 0.25) is 5.91 Å². The average molecular weight is 501 g/mol. The molecular weight excluding hydrogens is 476 g/mol. The fraction of sp³-hybridized carbons (Fsp3) is 0.208. The van der Waals surface area contributed by atoms with Crippen molar-refractivity contribution >= 4 is 37.5 Å². The third-order valence-corrected chi connectivity index (χ3v) is 7.32. The molecule has 1 amide bonds. The molecule has 31 heavy (non-hydrogen) atoms. The third kappa shape index (κ3) is 5.54. The second kappa shape index (κ2) is 9.66. The molecule has 0 aliphatic carbocycles. The number of hydrogen-bond donors (Lipinski definition) is 1. The summed E-state index contributed by atoms with van der Waals surface area (Å²) in [5.41, 5.74) is 3.64. The minimum atomic E-state index is -3.92. The molecule has 7 heteroatoms. The number of sulfonamides is 1. The lowest BCUT2D eigenvalue weighted by molar-refractivity contribution is -0.120. The van der Waals surface area contributed by atoms with Gasteiger partial charge in [-0.05, 0) is 68.3 Å². The van der Waals surface area contributed by atoms with Crippen molar-refractivity contribution < 1.29 is 13.2 Å². The summed E-state index contributed by atoms with van der Waals surface area (Å²) in [6.07, 6.45) is 0. The van der Waals surface area contributed by atoms with E-state index in [1.165, 1.54) is 12.1 Å². The van der Waals surface area contributed by atoms with Gasteiger partial charge in [-0.15, -0.1) is 0 Å². The molecule has 1 unspecified atom stereocenters. The van der Waals surface area contributed by atoms with Crippen molar-refractivity contribution in [1.29, 1.82) is 0 Å². The average Bonchev–Trinajstić information content (AvgIpc) is 2.73. The van der Waals surface area contributed by atoms with E-state index in [2.05, 4.69) is 27.3 Å². The lowest BCUT2D eigenvalue weighted by Gasteiger charge is -2.25. The van der Waals surface area contributed by atoms with Crippen molar-refractivity contribution in [3.05, 3.63) is 94.0 Å². The predicted octanol–water partition coefficient (Wildman–Crippen LogP) is 5.14. The van der Waals surface area contributed by atoms with E-state index >= 15 is 0 Å². The fourth-order valence-electron chi connectivity index (χ4n) is 3.45. The van der Waals surface area contributed by atoms with Crippen molar-refractivity contribution in [2.24, 2.45) is 0 Å². The summed E-state index contributed by atoms with van der Waals surface area (Å²) in [4.78, 5) is 13.0.